The highest BCUT2D eigenvalue weighted by Crippen LogP contribution is 2.24. The minimum atomic E-state index is 0.368. The third-order valence-electron chi connectivity index (χ3n) is 3.38. The van der Waals surface area contributed by atoms with E-state index in [1.54, 1.807) is 0 Å². The van der Waals surface area contributed by atoms with Crippen LogP contribution in [-0.4, -0.2) is 23.4 Å². The molecule has 1 aromatic carbocycles. The first-order valence-electron chi connectivity index (χ1n) is 6.56. The third kappa shape index (κ3) is 2.93. The summed E-state index contributed by atoms with van der Waals surface area (Å²) in [5.41, 5.74) is 7.59. The predicted octanol–water partition coefficient (Wildman–Crippen LogP) is 2.14. The van der Waals surface area contributed by atoms with E-state index in [1.165, 1.54) is 0 Å². The van der Waals surface area contributed by atoms with Crippen molar-refractivity contribution in [3.8, 4) is 0 Å². The first-order valence-corrected chi connectivity index (χ1v) is 6.56. The van der Waals surface area contributed by atoms with E-state index in [-0.39, 0.29) is 0 Å². The van der Waals surface area contributed by atoms with Crippen molar-refractivity contribution in [2.75, 3.05) is 18.9 Å². The second-order valence-corrected chi connectivity index (χ2v) is 4.85. The number of ether oxygens (including phenoxy) is 1. The highest BCUT2D eigenvalue weighted by Gasteiger charge is 2.21. The summed E-state index contributed by atoms with van der Waals surface area (Å²) in [5, 5.41) is 4.09. The Balaban J connectivity index is 1.70. The Kier molecular flexibility index (Phi) is 3.46. The summed E-state index contributed by atoms with van der Waals surface area (Å²) in [4.78, 5) is 4.48. The number of aromatic nitrogens is 2. The fraction of sp³-hybridized carbons (Fsp3) is 0.429. The van der Waals surface area contributed by atoms with Gasteiger partial charge in [-0.1, -0.05) is 17.3 Å². The molecule has 0 spiro atoms. The molecule has 1 aromatic heterocycles. The Bertz CT molecular complexity index is 547. The van der Waals surface area contributed by atoms with Crippen LogP contribution in [-0.2, 0) is 11.2 Å². The van der Waals surface area contributed by atoms with Crippen LogP contribution in [0.3, 0.4) is 0 Å². The fourth-order valence-electron chi connectivity index (χ4n) is 2.34. The van der Waals surface area contributed by atoms with E-state index in [0.29, 0.717) is 18.2 Å². The van der Waals surface area contributed by atoms with Crippen LogP contribution in [0.1, 0.15) is 36.0 Å². The first-order chi connectivity index (χ1) is 9.31. The summed E-state index contributed by atoms with van der Waals surface area (Å²) in [6.07, 6.45) is 2.57. The van der Waals surface area contributed by atoms with E-state index in [1.807, 2.05) is 24.3 Å². The van der Waals surface area contributed by atoms with Gasteiger partial charge in [0.1, 0.15) is 0 Å². The van der Waals surface area contributed by atoms with Crippen molar-refractivity contribution >= 4 is 5.69 Å². The molecule has 19 heavy (non-hydrogen) atoms. The molecule has 0 radical (unpaired) electrons. The van der Waals surface area contributed by atoms with Crippen LogP contribution in [0.5, 0.6) is 0 Å². The van der Waals surface area contributed by atoms with Gasteiger partial charge in [0.25, 0.3) is 0 Å². The first kappa shape index (κ1) is 12.2. The van der Waals surface area contributed by atoms with Gasteiger partial charge in [0.15, 0.2) is 5.82 Å². The molecule has 100 valence electrons. The van der Waals surface area contributed by atoms with Crippen LogP contribution >= 0.6 is 0 Å². The standard InChI is InChI=1S/C14H17N3O2/c15-12-3-1-2-10(8-12)9-13-16-14(17-19-13)11-4-6-18-7-5-11/h1-3,8,11H,4-7,9,15H2. The van der Waals surface area contributed by atoms with Gasteiger partial charge in [-0.3, -0.25) is 0 Å². The maximum Gasteiger partial charge on any atom is 0.231 e. The van der Waals surface area contributed by atoms with Crippen molar-refractivity contribution in [1.82, 2.24) is 10.1 Å². The van der Waals surface area contributed by atoms with Crippen molar-refractivity contribution in [2.45, 2.75) is 25.2 Å². The average Bonchev–Trinajstić information content (AvgIpc) is 2.88. The summed E-state index contributed by atoms with van der Waals surface area (Å²) in [6.45, 7) is 1.56. The normalized spacial score (nSPS) is 16.6. The van der Waals surface area contributed by atoms with Gasteiger partial charge in [-0.25, -0.2) is 0 Å². The molecule has 5 heteroatoms. The van der Waals surface area contributed by atoms with E-state index < -0.39 is 0 Å². The van der Waals surface area contributed by atoms with Gasteiger partial charge in [0, 0.05) is 24.8 Å². The summed E-state index contributed by atoms with van der Waals surface area (Å²) in [7, 11) is 0. The Labute approximate surface area is 111 Å². The van der Waals surface area contributed by atoms with E-state index >= 15 is 0 Å². The maximum atomic E-state index is 5.75. The molecule has 1 aliphatic heterocycles. The summed E-state index contributed by atoms with van der Waals surface area (Å²) in [5.74, 6) is 1.82. The molecule has 1 fully saturated rings. The van der Waals surface area contributed by atoms with Crippen LogP contribution in [0.2, 0.25) is 0 Å². The van der Waals surface area contributed by atoms with Gasteiger partial charge in [-0.2, -0.15) is 4.98 Å². The van der Waals surface area contributed by atoms with Crippen molar-refractivity contribution in [3.05, 3.63) is 41.5 Å². The number of nitrogen functional groups attached to an aromatic ring is 1. The molecule has 0 unspecified atom stereocenters. The molecule has 1 saturated heterocycles. The topological polar surface area (TPSA) is 74.2 Å². The lowest BCUT2D eigenvalue weighted by Crippen LogP contribution is -2.15. The minimum absolute atomic E-state index is 0.368. The molecule has 0 amide bonds. The van der Waals surface area contributed by atoms with Crippen molar-refractivity contribution in [1.29, 1.82) is 0 Å². The molecule has 1 aliphatic rings. The monoisotopic (exact) mass is 259 g/mol. The molecule has 2 aromatic rings. The molecular formula is C14H17N3O2. The van der Waals surface area contributed by atoms with E-state index in [2.05, 4.69) is 10.1 Å². The number of hydrogen-bond acceptors (Lipinski definition) is 5. The van der Waals surface area contributed by atoms with Crippen molar-refractivity contribution < 1.29 is 9.26 Å². The summed E-state index contributed by atoms with van der Waals surface area (Å²) >= 11 is 0. The maximum absolute atomic E-state index is 5.75. The van der Waals surface area contributed by atoms with Crippen LogP contribution in [0.25, 0.3) is 0 Å². The predicted molar refractivity (Wildman–Crippen MR) is 70.8 cm³/mol. The van der Waals surface area contributed by atoms with Gasteiger partial charge < -0.3 is 15.0 Å². The lowest BCUT2D eigenvalue weighted by Gasteiger charge is -2.18. The fourth-order valence-corrected chi connectivity index (χ4v) is 2.34. The zero-order valence-electron chi connectivity index (χ0n) is 10.7. The van der Waals surface area contributed by atoms with Gasteiger partial charge >= 0.3 is 0 Å². The average molecular weight is 259 g/mol. The molecular weight excluding hydrogens is 242 g/mol. The Morgan fingerprint density at radius 1 is 1.26 bits per heavy atom. The zero-order valence-corrected chi connectivity index (χ0v) is 10.7. The smallest absolute Gasteiger partial charge is 0.231 e. The molecule has 3 rings (SSSR count). The largest absolute Gasteiger partial charge is 0.399 e. The number of hydrogen-bond donors (Lipinski definition) is 1. The summed E-state index contributed by atoms with van der Waals surface area (Å²) < 4.78 is 10.7. The minimum Gasteiger partial charge on any atom is -0.399 e. The molecule has 0 bridgehead atoms. The van der Waals surface area contributed by atoms with Crippen LogP contribution < -0.4 is 5.73 Å². The van der Waals surface area contributed by atoms with Gasteiger partial charge in [-0.05, 0) is 30.5 Å². The number of nitrogens with two attached hydrogens (primary N) is 1. The second-order valence-electron chi connectivity index (χ2n) is 4.85. The van der Waals surface area contributed by atoms with Crippen LogP contribution in [0.15, 0.2) is 28.8 Å². The SMILES string of the molecule is Nc1cccc(Cc2nc(C3CCOCC3)no2)c1. The molecule has 2 N–H and O–H groups in total. The van der Waals surface area contributed by atoms with Crippen LogP contribution in [0.4, 0.5) is 5.69 Å². The Hall–Kier alpha value is -1.88. The number of rotatable bonds is 3. The molecule has 0 saturated carbocycles. The van der Waals surface area contributed by atoms with Gasteiger partial charge in [0.2, 0.25) is 5.89 Å². The van der Waals surface area contributed by atoms with E-state index in [4.69, 9.17) is 15.0 Å². The number of nitrogens with zero attached hydrogens (tertiary/aromatic N) is 2. The van der Waals surface area contributed by atoms with Crippen molar-refractivity contribution in [2.24, 2.45) is 0 Å². The zero-order chi connectivity index (χ0) is 13.1. The van der Waals surface area contributed by atoms with Gasteiger partial charge in [0.05, 0.1) is 6.42 Å². The van der Waals surface area contributed by atoms with Crippen LogP contribution in [0, 0.1) is 0 Å². The quantitative estimate of drug-likeness (QED) is 0.855. The summed E-state index contributed by atoms with van der Waals surface area (Å²) in [6, 6.07) is 7.73. The Morgan fingerprint density at radius 2 is 2.11 bits per heavy atom. The number of anilines is 1. The third-order valence-corrected chi connectivity index (χ3v) is 3.38. The van der Waals surface area contributed by atoms with Gasteiger partial charge in [-0.15, -0.1) is 0 Å². The number of benzene rings is 1. The lowest BCUT2D eigenvalue weighted by molar-refractivity contribution is 0.0830. The molecule has 0 aliphatic carbocycles. The molecule has 2 heterocycles. The highest BCUT2D eigenvalue weighted by atomic mass is 16.5. The lowest BCUT2D eigenvalue weighted by atomic mass is 10.00. The second kappa shape index (κ2) is 5.40. The van der Waals surface area contributed by atoms with Crippen molar-refractivity contribution in [3.63, 3.8) is 0 Å². The molecule has 5 nitrogen and oxygen atoms in total. The van der Waals surface area contributed by atoms with E-state index in [9.17, 15) is 0 Å². The van der Waals surface area contributed by atoms with E-state index in [0.717, 1.165) is 43.1 Å². The Morgan fingerprint density at radius 3 is 2.89 bits per heavy atom. The highest BCUT2D eigenvalue weighted by molar-refractivity contribution is 5.41. The molecule has 0 atom stereocenters.